The van der Waals surface area contributed by atoms with Crippen LogP contribution in [-0.2, 0) is 4.79 Å². The van der Waals surface area contributed by atoms with Gasteiger partial charge in [0.05, 0.1) is 0 Å². The van der Waals surface area contributed by atoms with E-state index in [0.29, 0.717) is 5.69 Å². The molecule has 0 unspecified atom stereocenters. The van der Waals surface area contributed by atoms with Crippen LogP contribution in [0.25, 0.3) is 0 Å². The Bertz CT molecular complexity index is 258. The third-order valence-electron chi connectivity index (χ3n) is 1.19. The van der Waals surface area contributed by atoms with Crippen molar-refractivity contribution < 1.29 is 28.8 Å². The molecule has 0 fully saturated rings. The van der Waals surface area contributed by atoms with Gasteiger partial charge in [-0.15, -0.1) is 0 Å². The van der Waals surface area contributed by atoms with Crippen LogP contribution in [0.2, 0.25) is 0 Å². The van der Waals surface area contributed by atoms with Crippen molar-refractivity contribution in [2.45, 2.75) is 6.92 Å². The maximum atomic E-state index is 10.5. The number of hydrogen-bond acceptors (Lipinski definition) is 2. The molecule has 1 amide bonds. The van der Waals surface area contributed by atoms with Gasteiger partial charge in [0.25, 0.3) is 0 Å². The number of benzene rings is 1. The second-order valence-corrected chi connectivity index (χ2v) is 2.23. The van der Waals surface area contributed by atoms with Gasteiger partial charge < -0.3 is 10.4 Å². The maximum Gasteiger partial charge on any atom is 1.00 e. The smallest absolute Gasteiger partial charge is 0.508 e. The van der Waals surface area contributed by atoms with Crippen LogP contribution in [0, 0.1) is 0 Å². The minimum atomic E-state index is -0.115. The number of carbonyl (C=O) groups excluding carboxylic acids is 1. The zero-order valence-corrected chi connectivity index (χ0v) is 7.16. The number of carbonyl (C=O) groups is 1. The van der Waals surface area contributed by atoms with Gasteiger partial charge in [0, 0.05) is 12.6 Å². The molecule has 58 valence electrons. The van der Waals surface area contributed by atoms with Crippen LogP contribution >= 0.6 is 0 Å². The minimum Gasteiger partial charge on any atom is -0.508 e. The molecule has 0 aliphatic rings. The second kappa shape index (κ2) is 4.86. The number of hydrogen-bond donors (Lipinski definition) is 2. The molecule has 1 aromatic rings. The van der Waals surface area contributed by atoms with Crippen LogP contribution in [0.4, 0.5) is 5.69 Å². The van der Waals surface area contributed by atoms with Gasteiger partial charge in [0.1, 0.15) is 5.75 Å². The van der Waals surface area contributed by atoms with Crippen LogP contribution in [-0.4, -0.2) is 11.0 Å². The molecule has 1 rings (SSSR count). The average Bonchev–Trinajstić information content (AvgIpc) is 1.93. The van der Waals surface area contributed by atoms with Crippen molar-refractivity contribution in [2.24, 2.45) is 0 Å². The summed E-state index contributed by atoms with van der Waals surface area (Å²) in [5, 5.41) is 11.5. The molecule has 0 spiro atoms. The number of phenolic OH excluding ortho intramolecular Hbond substituents is 1. The molecule has 12 heavy (non-hydrogen) atoms. The molecule has 2 N–H and O–H groups in total. The van der Waals surface area contributed by atoms with Crippen LogP contribution in [0.3, 0.4) is 0 Å². The van der Waals surface area contributed by atoms with Crippen molar-refractivity contribution in [3.05, 3.63) is 24.3 Å². The number of aromatic hydroxyl groups is 1. The van der Waals surface area contributed by atoms with E-state index < -0.39 is 0 Å². The summed E-state index contributed by atoms with van der Waals surface area (Å²) < 4.78 is 0. The minimum absolute atomic E-state index is 0. The zero-order valence-electron chi connectivity index (χ0n) is 7.16. The van der Waals surface area contributed by atoms with Crippen LogP contribution in [0.15, 0.2) is 24.3 Å². The Morgan fingerprint density at radius 2 is 1.83 bits per heavy atom. The zero-order chi connectivity index (χ0) is 8.27. The molecule has 1 aromatic carbocycles. The van der Waals surface area contributed by atoms with Crippen LogP contribution < -0.4 is 24.2 Å². The van der Waals surface area contributed by atoms with Gasteiger partial charge in [-0.05, 0) is 24.3 Å². The number of anilines is 1. The van der Waals surface area contributed by atoms with Gasteiger partial charge in [0.15, 0.2) is 0 Å². The first kappa shape index (κ1) is 11.1. The monoisotopic (exact) mass is 158 g/mol. The molecule has 0 aromatic heterocycles. The Balaban J connectivity index is 0.00000121. The SMILES string of the molecule is CC(=O)Nc1ccc(O)cc1.[Li+]. The first-order chi connectivity index (χ1) is 5.18. The predicted octanol–water partition coefficient (Wildman–Crippen LogP) is -1.65. The molecule has 0 radical (unpaired) electrons. The van der Waals surface area contributed by atoms with E-state index in [-0.39, 0.29) is 30.5 Å². The average molecular weight is 158 g/mol. The largest absolute Gasteiger partial charge is 1.00 e. The molecule has 3 nitrogen and oxygen atoms in total. The van der Waals surface area contributed by atoms with Crippen molar-refractivity contribution in [3.63, 3.8) is 0 Å². The topological polar surface area (TPSA) is 49.3 Å². The fourth-order valence-corrected chi connectivity index (χ4v) is 0.748. The van der Waals surface area contributed by atoms with Crippen LogP contribution in [0.5, 0.6) is 5.75 Å². The summed E-state index contributed by atoms with van der Waals surface area (Å²) >= 11 is 0. The summed E-state index contributed by atoms with van der Waals surface area (Å²) in [6.07, 6.45) is 0. The standard InChI is InChI=1S/C8H9NO2.Li/c1-6(10)9-7-2-4-8(11)5-3-7;/h2-5,11H,1H3,(H,9,10);/q;+1. The van der Waals surface area contributed by atoms with Crippen molar-refractivity contribution in [2.75, 3.05) is 5.32 Å². The summed E-state index contributed by atoms with van der Waals surface area (Å²) in [6.45, 7) is 1.44. The van der Waals surface area contributed by atoms with Gasteiger partial charge in [0.2, 0.25) is 5.91 Å². The Hall–Kier alpha value is -0.913. The quantitative estimate of drug-likeness (QED) is 0.380. The predicted molar refractivity (Wildman–Crippen MR) is 42.4 cm³/mol. The van der Waals surface area contributed by atoms with Crippen molar-refractivity contribution >= 4 is 11.6 Å². The summed E-state index contributed by atoms with van der Waals surface area (Å²) in [7, 11) is 0. The Morgan fingerprint density at radius 3 is 2.25 bits per heavy atom. The van der Waals surface area contributed by atoms with E-state index in [9.17, 15) is 4.79 Å². The molecular formula is C8H9LiNO2+. The van der Waals surface area contributed by atoms with E-state index in [0.717, 1.165) is 0 Å². The molecule has 0 atom stereocenters. The molecular weight excluding hydrogens is 149 g/mol. The van der Waals surface area contributed by atoms with Gasteiger partial charge in [-0.25, -0.2) is 0 Å². The third kappa shape index (κ3) is 3.47. The molecule has 0 saturated carbocycles. The first-order valence-corrected chi connectivity index (χ1v) is 3.25. The number of amides is 1. The summed E-state index contributed by atoms with van der Waals surface area (Å²) in [4.78, 5) is 10.5. The maximum absolute atomic E-state index is 10.5. The molecule has 0 heterocycles. The van der Waals surface area contributed by atoms with Crippen molar-refractivity contribution in [1.82, 2.24) is 0 Å². The van der Waals surface area contributed by atoms with E-state index in [1.54, 1.807) is 12.1 Å². The number of rotatable bonds is 1. The Kier molecular flexibility index (Phi) is 4.49. The van der Waals surface area contributed by atoms with E-state index in [4.69, 9.17) is 5.11 Å². The van der Waals surface area contributed by atoms with Gasteiger partial charge in [-0.2, -0.15) is 0 Å². The molecule has 4 heteroatoms. The van der Waals surface area contributed by atoms with E-state index >= 15 is 0 Å². The first-order valence-electron chi connectivity index (χ1n) is 3.25. The van der Waals surface area contributed by atoms with Gasteiger partial charge in [-0.3, -0.25) is 4.79 Å². The number of nitrogens with one attached hydrogen (secondary N) is 1. The normalized spacial score (nSPS) is 8.42. The molecule has 0 aliphatic heterocycles. The van der Waals surface area contributed by atoms with Crippen molar-refractivity contribution in [3.8, 4) is 5.75 Å². The Morgan fingerprint density at radius 1 is 1.33 bits per heavy atom. The molecule has 0 saturated heterocycles. The Labute approximate surface area is 83.0 Å². The van der Waals surface area contributed by atoms with Gasteiger partial charge >= 0.3 is 18.9 Å². The van der Waals surface area contributed by atoms with Crippen LogP contribution in [0.1, 0.15) is 6.92 Å². The van der Waals surface area contributed by atoms with Crippen molar-refractivity contribution in [1.29, 1.82) is 0 Å². The van der Waals surface area contributed by atoms with Gasteiger partial charge in [-0.1, -0.05) is 0 Å². The summed E-state index contributed by atoms with van der Waals surface area (Å²) in [5.74, 6) is 0.0785. The third-order valence-corrected chi connectivity index (χ3v) is 1.19. The second-order valence-electron chi connectivity index (χ2n) is 2.23. The molecule has 0 aliphatic carbocycles. The fourth-order valence-electron chi connectivity index (χ4n) is 0.748. The van der Waals surface area contributed by atoms with E-state index in [1.165, 1.54) is 19.1 Å². The van der Waals surface area contributed by atoms with E-state index in [2.05, 4.69) is 5.32 Å². The number of phenols is 1. The van der Waals surface area contributed by atoms with E-state index in [1.807, 2.05) is 0 Å². The molecule has 0 bridgehead atoms. The fraction of sp³-hybridized carbons (Fsp3) is 0.125. The summed E-state index contributed by atoms with van der Waals surface area (Å²) in [5.41, 5.74) is 0.690. The summed E-state index contributed by atoms with van der Waals surface area (Å²) in [6, 6.07) is 6.31.